The largest absolute Gasteiger partial charge is 0.365 e. The zero-order chi connectivity index (χ0) is 9.97. The second-order valence-electron chi connectivity index (χ2n) is 2.79. The van der Waals surface area contributed by atoms with E-state index in [4.69, 9.17) is 0 Å². The average Bonchev–Trinajstić information content (AvgIpc) is 2.67. The normalized spacial score (nSPS) is 9.47. The van der Waals surface area contributed by atoms with Crippen molar-refractivity contribution in [1.82, 2.24) is 4.98 Å². The molecule has 0 fully saturated rings. The van der Waals surface area contributed by atoms with Crippen molar-refractivity contribution in [2.24, 2.45) is 0 Å². The Hall–Kier alpha value is -0.390. The number of benzene rings is 1. The van der Waals surface area contributed by atoms with Crippen LogP contribution in [0, 0.1) is 0 Å². The molecule has 1 N–H and O–H groups in total. The summed E-state index contributed by atoms with van der Waals surface area (Å²) in [5.74, 6) is 0. The summed E-state index contributed by atoms with van der Waals surface area (Å²) >= 11 is 5.02. The van der Waals surface area contributed by atoms with Gasteiger partial charge in [0.25, 0.3) is 0 Å². The van der Waals surface area contributed by atoms with Gasteiger partial charge in [0.15, 0.2) is 5.13 Å². The fourth-order valence-electron chi connectivity index (χ4n) is 1.14. The molecule has 0 saturated carbocycles. The topological polar surface area (TPSA) is 24.9 Å². The SMILES string of the molecule is Br.CNc1nc(-c2ccc(Br)cc2)cs1. The highest BCUT2D eigenvalue weighted by molar-refractivity contribution is 9.10. The van der Waals surface area contributed by atoms with E-state index in [1.54, 1.807) is 11.3 Å². The summed E-state index contributed by atoms with van der Waals surface area (Å²) in [4.78, 5) is 4.42. The molecule has 0 amide bonds. The number of rotatable bonds is 2. The van der Waals surface area contributed by atoms with Gasteiger partial charge in [-0.05, 0) is 12.1 Å². The first-order chi connectivity index (χ1) is 6.79. The van der Waals surface area contributed by atoms with Gasteiger partial charge in [-0.1, -0.05) is 28.1 Å². The van der Waals surface area contributed by atoms with Crippen LogP contribution in [0.2, 0.25) is 0 Å². The molecular weight excluding hydrogens is 340 g/mol. The number of hydrogen-bond donors (Lipinski definition) is 1. The minimum Gasteiger partial charge on any atom is -0.365 e. The number of halogens is 2. The van der Waals surface area contributed by atoms with Crippen molar-refractivity contribution in [3.05, 3.63) is 34.1 Å². The number of nitrogens with one attached hydrogen (secondary N) is 1. The minimum atomic E-state index is 0. The van der Waals surface area contributed by atoms with Gasteiger partial charge >= 0.3 is 0 Å². The lowest BCUT2D eigenvalue weighted by Crippen LogP contribution is -1.85. The summed E-state index contributed by atoms with van der Waals surface area (Å²) < 4.78 is 1.09. The molecule has 1 aromatic heterocycles. The monoisotopic (exact) mass is 348 g/mol. The van der Waals surface area contributed by atoms with E-state index >= 15 is 0 Å². The average molecular weight is 350 g/mol. The molecule has 0 unspecified atom stereocenters. The predicted octanol–water partition coefficient (Wildman–Crippen LogP) is 4.19. The van der Waals surface area contributed by atoms with Crippen LogP contribution in [0.5, 0.6) is 0 Å². The lowest BCUT2D eigenvalue weighted by Gasteiger charge is -1.96. The van der Waals surface area contributed by atoms with Crippen LogP contribution in [0.1, 0.15) is 0 Å². The van der Waals surface area contributed by atoms with Crippen molar-refractivity contribution in [2.75, 3.05) is 12.4 Å². The van der Waals surface area contributed by atoms with Gasteiger partial charge in [0, 0.05) is 22.5 Å². The summed E-state index contributed by atoms with van der Waals surface area (Å²) in [6.45, 7) is 0. The Balaban J connectivity index is 0.00000112. The van der Waals surface area contributed by atoms with Crippen molar-refractivity contribution in [1.29, 1.82) is 0 Å². The molecule has 2 nitrogen and oxygen atoms in total. The van der Waals surface area contributed by atoms with Crippen LogP contribution >= 0.6 is 44.2 Å². The molecular formula is C10H10Br2N2S. The first-order valence-electron chi connectivity index (χ1n) is 4.19. The molecule has 0 saturated heterocycles. The van der Waals surface area contributed by atoms with Crippen molar-refractivity contribution in [3.8, 4) is 11.3 Å². The van der Waals surface area contributed by atoms with E-state index in [1.165, 1.54) is 0 Å². The van der Waals surface area contributed by atoms with Gasteiger partial charge in [0.1, 0.15) is 0 Å². The van der Waals surface area contributed by atoms with Gasteiger partial charge in [0.05, 0.1) is 5.69 Å². The third-order valence-electron chi connectivity index (χ3n) is 1.86. The lowest BCUT2D eigenvalue weighted by atomic mass is 10.2. The molecule has 0 aliphatic heterocycles. The molecule has 0 radical (unpaired) electrons. The molecule has 0 atom stereocenters. The fourth-order valence-corrected chi connectivity index (χ4v) is 2.09. The van der Waals surface area contributed by atoms with Gasteiger partial charge in [0.2, 0.25) is 0 Å². The maximum Gasteiger partial charge on any atom is 0.182 e. The molecule has 5 heteroatoms. The van der Waals surface area contributed by atoms with E-state index in [9.17, 15) is 0 Å². The Morgan fingerprint density at radius 1 is 1.27 bits per heavy atom. The Morgan fingerprint density at radius 3 is 2.47 bits per heavy atom. The van der Waals surface area contributed by atoms with Crippen LogP contribution < -0.4 is 5.32 Å². The first kappa shape index (κ1) is 12.7. The molecule has 0 bridgehead atoms. The number of aromatic nitrogens is 1. The quantitative estimate of drug-likeness (QED) is 0.879. The summed E-state index contributed by atoms with van der Waals surface area (Å²) in [5, 5.41) is 6.02. The number of hydrogen-bond acceptors (Lipinski definition) is 3. The second kappa shape index (κ2) is 5.63. The van der Waals surface area contributed by atoms with Gasteiger partial charge in [-0.25, -0.2) is 4.98 Å². The fraction of sp³-hybridized carbons (Fsp3) is 0.100. The van der Waals surface area contributed by atoms with E-state index in [0.29, 0.717) is 0 Å². The van der Waals surface area contributed by atoms with Gasteiger partial charge < -0.3 is 5.32 Å². The van der Waals surface area contributed by atoms with E-state index in [1.807, 2.05) is 19.2 Å². The predicted molar refractivity (Wildman–Crippen MR) is 75.1 cm³/mol. The molecule has 80 valence electrons. The Labute approximate surface area is 112 Å². The highest BCUT2D eigenvalue weighted by atomic mass is 79.9. The Kier molecular flexibility index (Phi) is 4.76. The van der Waals surface area contributed by atoms with Crippen LogP contribution in [0.15, 0.2) is 34.1 Å². The van der Waals surface area contributed by atoms with Crippen molar-refractivity contribution in [2.45, 2.75) is 0 Å². The summed E-state index contributed by atoms with van der Waals surface area (Å²) in [6.07, 6.45) is 0. The molecule has 0 aliphatic carbocycles. The smallest absolute Gasteiger partial charge is 0.182 e. The number of nitrogens with zero attached hydrogens (tertiary/aromatic N) is 1. The standard InChI is InChI=1S/C10H9BrN2S.BrH/c1-12-10-13-9(6-14-10)7-2-4-8(11)5-3-7;/h2-6H,1H3,(H,12,13);1H. The maximum absolute atomic E-state index is 4.42. The number of thiazole rings is 1. The Bertz CT molecular complexity index is 425. The van der Waals surface area contributed by atoms with Gasteiger partial charge in [-0.15, -0.1) is 28.3 Å². The summed E-state index contributed by atoms with van der Waals surface area (Å²) in [5.41, 5.74) is 2.16. The molecule has 0 spiro atoms. The van der Waals surface area contributed by atoms with E-state index in [2.05, 4.69) is 43.7 Å². The second-order valence-corrected chi connectivity index (χ2v) is 4.57. The van der Waals surface area contributed by atoms with Crippen LogP contribution in [0.25, 0.3) is 11.3 Å². The molecule has 15 heavy (non-hydrogen) atoms. The van der Waals surface area contributed by atoms with E-state index in [0.717, 1.165) is 20.9 Å². The zero-order valence-electron chi connectivity index (χ0n) is 8.03. The van der Waals surface area contributed by atoms with E-state index < -0.39 is 0 Å². The van der Waals surface area contributed by atoms with Crippen LogP contribution in [-0.2, 0) is 0 Å². The highest BCUT2D eigenvalue weighted by Gasteiger charge is 2.02. The van der Waals surface area contributed by atoms with Crippen LogP contribution in [0.4, 0.5) is 5.13 Å². The van der Waals surface area contributed by atoms with Crippen molar-refractivity contribution in [3.63, 3.8) is 0 Å². The third-order valence-corrected chi connectivity index (χ3v) is 3.25. The minimum absolute atomic E-state index is 0. The summed E-state index contributed by atoms with van der Waals surface area (Å²) in [7, 11) is 1.88. The van der Waals surface area contributed by atoms with Gasteiger partial charge in [-0.2, -0.15) is 0 Å². The zero-order valence-corrected chi connectivity index (χ0v) is 12.1. The molecule has 1 heterocycles. The number of anilines is 1. The molecule has 2 aromatic rings. The Morgan fingerprint density at radius 2 is 1.93 bits per heavy atom. The lowest BCUT2D eigenvalue weighted by molar-refractivity contribution is 1.36. The highest BCUT2D eigenvalue weighted by Crippen LogP contribution is 2.25. The summed E-state index contributed by atoms with van der Waals surface area (Å²) in [6, 6.07) is 8.15. The van der Waals surface area contributed by atoms with Crippen molar-refractivity contribution >= 4 is 49.4 Å². The van der Waals surface area contributed by atoms with Crippen LogP contribution in [-0.4, -0.2) is 12.0 Å². The first-order valence-corrected chi connectivity index (χ1v) is 5.86. The molecule has 2 rings (SSSR count). The molecule has 1 aromatic carbocycles. The molecule has 0 aliphatic rings. The van der Waals surface area contributed by atoms with E-state index in [-0.39, 0.29) is 17.0 Å². The van der Waals surface area contributed by atoms with Crippen molar-refractivity contribution < 1.29 is 0 Å². The van der Waals surface area contributed by atoms with Gasteiger partial charge in [-0.3, -0.25) is 0 Å². The maximum atomic E-state index is 4.42. The third kappa shape index (κ3) is 3.03. The van der Waals surface area contributed by atoms with Crippen LogP contribution in [0.3, 0.4) is 0 Å².